The number of carbonyl (C=O) groups excluding carboxylic acids is 2. The summed E-state index contributed by atoms with van der Waals surface area (Å²) in [5.41, 5.74) is 0.910. The van der Waals surface area contributed by atoms with Crippen LogP contribution >= 0.6 is 27.5 Å². The summed E-state index contributed by atoms with van der Waals surface area (Å²) >= 11 is 8.98. The van der Waals surface area contributed by atoms with Gasteiger partial charge in [-0.15, -0.1) is 0 Å². The van der Waals surface area contributed by atoms with E-state index in [0.717, 1.165) is 0 Å². The van der Waals surface area contributed by atoms with E-state index in [-0.39, 0.29) is 17.1 Å². The fourth-order valence-electron chi connectivity index (χ4n) is 1.20. The average molecular weight is 320 g/mol. The Bertz CT molecular complexity index is 449. The van der Waals surface area contributed by atoms with E-state index in [0.29, 0.717) is 16.3 Å². The second kappa shape index (κ2) is 6.02. The third-order valence-corrected chi connectivity index (χ3v) is 2.85. The van der Waals surface area contributed by atoms with Crippen molar-refractivity contribution in [2.75, 3.05) is 24.7 Å². The zero-order chi connectivity index (χ0) is 13.0. The molecule has 1 aromatic rings. The second-order valence-corrected chi connectivity index (χ2v) is 4.54. The first-order chi connectivity index (χ1) is 7.95. The lowest BCUT2D eigenvalue weighted by molar-refractivity contribution is -0.113. The van der Waals surface area contributed by atoms with Gasteiger partial charge in [-0.1, -0.05) is 27.5 Å². The molecular weight excluding hydrogens is 307 g/mol. The molecule has 0 fully saturated rings. The maximum Gasteiger partial charge on any atom is 0.254 e. The van der Waals surface area contributed by atoms with Crippen LogP contribution in [0.4, 0.5) is 5.69 Å². The van der Waals surface area contributed by atoms with Gasteiger partial charge in [-0.05, 0) is 18.2 Å². The number of alkyl halides is 1. The number of nitrogens with zero attached hydrogens (tertiary/aromatic N) is 1. The van der Waals surface area contributed by atoms with Crippen molar-refractivity contribution in [2.45, 2.75) is 0 Å². The maximum atomic E-state index is 11.8. The molecule has 1 N–H and O–H groups in total. The first-order valence-electron chi connectivity index (χ1n) is 4.82. The van der Waals surface area contributed by atoms with Gasteiger partial charge in [0, 0.05) is 19.8 Å². The quantitative estimate of drug-likeness (QED) is 0.870. The molecule has 0 saturated heterocycles. The Morgan fingerprint density at radius 1 is 1.41 bits per heavy atom. The molecule has 17 heavy (non-hydrogen) atoms. The van der Waals surface area contributed by atoms with Gasteiger partial charge < -0.3 is 10.2 Å². The van der Waals surface area contributed by atoms with Gasteiger partial charge in [0.05, 0.1) is 15.9 Å². The molecule has 0 atom stereocenters. The van der Waals surface area contributed by atoms with E-state index in [1.807, 2.05) is 0 Å². The summed E-state index contributed by atoms with van der Waals surface area (Å²) in [5, 5.41) is 3.20. The number of halogens is 2. The molecule has 2 amide bonds. The van der Waals surface area contributed by atoms with Crippen LogP contribution < -0.4 is 5.32 Å². The highest BCUT2D eigenvalue weighted by atomic mass is 79.9. The first kappa shape index (κ1) is 14.0. The number of amides is 2. The molecule has 0 radical (unpaired) electrons. The number of rotatable bonds is 3. The predicted octanol–water partition coefficient (Wildman–Crippen LogP) is 2.38. The fourth-order valence-corrected chi connectivity index (χ4v) is 1.54. The summed E-state index contributed by atoms with van der Waals surface area (Å²) in [6.07, 6.45) is 0. The van der Waals surface area contributed by atoms with E-state index < -0.39 is 0 Å². The van der Waals surface area contributed by atoms with E-state index >= 15 is 0 Å². The summed E-state index contributed by atoms with van der Waals surface area (Å²) in [5.74, 6) is -0.388. The highest BCUT2D eigenvalue weighted by molar-refractivity contribution is 9.09. The number of benzene rings is 1. The van der Waals surface area contributed by atoms with Crippen molar-refractivity contribution in [1.29, 1.82) is 0 Å². The molecule has 0 saturated carbocycles. The molecule has 1 rings (SSSR count). The van der Waals surface area contributed by atoms with Gasteiger partial charge in [0.25, 0.3) is 5.91 Å². The molecule has 0 bridgehead atoms. The number of hydrogen-bond donors (Lipinski definition) is 1. The molecule has 1 aromatic carbocycles. The molecule has 0 aliphatic heterocycles. The minimum Gasteiger partial charge on any atom is -0.345 e. The minimum atomic E-state index is -0.204. The van der Waals surface area contributed by atoms with Gasteiger partial charge in [0.15, 0.2) is 0 Å². The number of hydrogen-bond acceptors (Lipinski definition) is 2. The zero-order valence-electron chi connectivity index (χ0n) is 9.46. The summed E-state index contributed by atoms with van der Waals surface area (Å²) in [6.45, 7) is 0. The number of nitrogens with one attached hydrogen (secondary N) is 1. The first-order valence-corrected chi connectivity index (χ1v) is 6.32. The molecule has 4 nitrogen and oxygen atoms in total. The van der Waals surface area contributed by atoms with E-state index in [1.54, 1.807) is 32.3 Å². The van der Waals surface area contributed by atoms with Gasteiger partial charge in [-0.2, -0.15) is 0 Å². The van der Waals surface area contributed by atoms with E-state index in [1.165, 1.54) is 4.90 Å². The Hall–Kier alpha value is -1.07. The van der Waals surface area contributed by atoms with Gasteiger partial charge in [0.2, 0.25) is 5.91 Å². The van der Waals surface area contributed by atoms with Crippen molar-refractivity contribution in [2.24, 2.45) is 0 Å². The van der Waals surface area contributed by atoms with E-state index in [4.69, 9.17) is 11.6 Å². The van der Waals surface area contributed by atoms with Crippen LogP contribution in [0.3, 0.4) is 0 Å². The highest BCUT2D eigenvalue weighted by Gasteiger charge is 2.13. The molecule has 92 valence electrons. The monoisotopic (exact) mass is 318 g/mol. The van der Waals surface area contributed by atoms with Crippen LogP contribution in [0.1, 0.15) is 10.4 Å². The lowest BCUT2D eigenvalue weighted by Crippen LogP contribution is -2.22. The summed E-state index contributed by atoms with van der Waals surface area (Å²) in [7, 11) is 3.28. The zero-order valence-corrected chi connectivity index (χ0v) is 11.8. The van der Waals surface area contributed by atoms with Crippen molar-refractivity contribution in [3.05, 3.63) is 28.8 Å². The van der Waals surface area contributed by atoms with Crippen LogP contribution in [-0.4, -0.2) is 36.1 Å². The number of carbonyl (C=O) groups is 2. The van der Waals surface area contributed by atoms with Gasteiger partial charge in [-0.3, -0.25) is 9.59 Å². The molecular formula is C11H12BrClN2O2. The topological polar surface area (TPSA) is 49.4 Å². The molecule has 0 aliphatic carbocycles. The van der Waals surface area contributed by atoms with Gasteiger partial charge in [-0.25, -0.2) is 0 Å². The average Bonchev–Trinajstić information content (AvgIpc) is 2.30. The standard InChI is InChI=1S/C11H12BrClN2O2/c1-15(2)11(17)8-5-7(3-4-9(8)13)14-10(16)6-12/h3-5H,6H2,1-2H3,(H,14,16). The maximum absolute atomic E-state index is 11.8. The SMILES string of the molecule is CN(C)C(=O)c1cc(NC(=O)CBr)ccc1Cl. The van der Waals surface area contributed by atoms with E-state index in [9.17, 15) is 9.59 Å². The van der Waals surface area contributed by atoms with Crippen molar-refractivity contribution < 1.29 is 9.59 Å². The summed E-state index contributed by atoms with van der Waals surface area (Å²) in [4.78, 5) is 24.4. The Morgan fingerprint density at radius 2 is 2.06 bits per heavy atom. The van der Waals surface area contributed by atoms with Crippen molar-refractivity contribution in [1.82, 2.24) is 4.90 Å². The normalized spacial score (nSPS) is 9.88. The molecule has 0 heterocycles. The third-order valence-electron chi connectivity index (χ3n) is 2.01. The van der Waals surface area contributed by atoms with Crippen LogP contribution in [0.2, 0.25) is 5.02 Å². The lowest BCUT2D eigenvalue weighted by Gasteiger charge is -2.13. The van der Waals surface area contributed by atoms with Crippen molar-refractivity contribution in [3.8, 4) is 0 Å². The fraction of sp³-hybridized carbons (Fsp3) is 0.273. The Morgan fingerprint density at radius 3 is 2.59 bits per heavy atom. The minimum absolute atomic E-state index is 0.185. The Labute approximate surface area is 113 Å². The van der Waals surface area contributed by atoms with Crippen LogP contribution in [-0.2, 0) is 4.79 Å². The Kier molecular flexibility index (Phi) is 4.96. The summed E-state index contributed by atoms with van der Waals surface area (Å²) < 4.78 is 0. The summed E-state index contributed by atoms with van der Waals surface area (Å²) in [6, 6.07) is 4.79. The van der Waals surface area contributed by atoms with Crippen LogP contribution in [0.25, 0.3) is 0 Å². The molecule has 0 spiro atoms. The van der Waals surface area contributed by atoms with Crippen LogP contribution in [0.15, 0.2) is 18.2 Å². The smallest absolute Gasteiger partial charge is 0.254 e. The largest absolute Gasteiger partial charge is 0.345 e. The van der Waals surface area contributed by atoms with Gasteiger partial charge >= 0.3 is 0 Å². The Balaban J connectivity index is 3.02. The van der Waals surface area contributed by atoms with Crippen LogP contribution in [0.5, 0.6) is 0 Å². The number of anilines is 1. The molecule has 0 unspecified atom stereocenters. The van der Waals surface area contributed by atoms with E-state index in [2.05, 4.69) is 21.2 Å². The molecule has 0 aliphatic rings. The van der Waals surface area contributed by atoms with Crippen LogP contribution in [0, 0.1) is 0 Å². The second-order valence-electron chi connectivity index (χ2n) is 3.58. The van der Waals surface area contributed by atoms with Gasteiger partial charge in [0.1, 0.15) is 0 Å². The van der Waals surface area contributed by atoms with Crippen molar-refractivity contribution >= 4 is 45.0 Å². The third kappa shape index (κ3) is 3.71. The predicted molar refractivity (Wildman–Crippen MR) is 71.9 cm³/mol. The van der Waals surface area contributed by atoms with Crippen molar-refractivity contribution in [3.63, 3.8) is 0 Å². The lowest BCUT2D eigenvalue weighted by atomic mass is 10.1. The highest BCUT2D eigenvalue weighted by Crippen LogP contribution is 2.21. The molecule has 0 aromatic heterocycles. The molecule has 6 heteroatoms.